The van der Waals surface area contributed by atoms with Crippen molar-refractivity contribution in [3.05, 3.63) is 41.7 Å². The van der Waals surface area contributed by atoms with Crippen molar-refractivity contribution in [2.24, 2.45) is 0 Å². The number of hydrogen-bond acceptors (Lipinski definition) is 3. The molecule has 0 amide bonds. The van der Waals surface area contributed by atoms with Crippen LogP contribution in [0.25, 0.3) is 21.3 Å². The van der Waals surface area contributed by atoms with Gasteiger partial charge in [-0.05, 0) is 6.07 Å². The van der Waals surface area contributed by atoms with Gasteiger partial charge in [0.2, 0.25) is 0 Å². The summed E-state index contributed by atoms with van der Waals surface area (Å²) in [6.07, 6.45) is 2.11. The van der Waals surface area contributed by atoms with E-state index in [4.69, 9.17) is 5.26 Å². The zero-order valence-corrected chi connectivity index (χ0v) is 9.79. The number of H-pyrrole nitrogens is 1. The Bertz CT molecular complexity index is 703. The minimum absolute atomic E-state index is 0.321. The summed E-state index contributed by atoms with van der Waals surface area (Å²) >= 11 is 1.72. The standard InChI is InChI=1S/C13H9N3S/c14-6-5-13-15-7-11(16-13)10-8-17-12-4-2-1-3-9(10)12/h1-4,7-8H,5H2,(H,15,16). The van der Waals surface area contributed by atoms with Crippen molar-refractivity contribution in [2.75, 3.05) is 0 Å². The van der Waals surface area contributed by atoms with Crippen molar-refractivity contribution in [3.63, 3.8) is 0 Å². The van der Waals surface area contributed by atoms with Crippen LogP contribution in [-0.2, 0) is 6.42 Å². The maximum absolute atomic E-state index is 8.62. The Morgan fingerprint density at radius 1 is 1.35 bits per heavy atom. The minimum Gasteiger partial charge on any atom is -0.341 e. The molecule has 0 saturated heterocycles. The molecule has 4 heteroatoms. The van der Waals surface area contributed by atoms with E-state index in [0.717, 1.165) is 17.1 Å². The van der Waals surface area contributed by atoms with Gasteiger partial charge in [-0.3, -0.25) is 0 Å². The Balaban J connectivity index is 2.11. The molecule has 3 rings (SSSR count). The highest BCUT2D eigenvalue weighted by Gasteiger charge is 2.08. The first-order chi connectivity index (χ1) is 8.38. The third kappa shape index (κ3) is 1.71. The maximum Gasteiger partial charge on any atom is 0.120 e. The summed E-state index contributed by atoms with van der Waals surface area (Å²) in [4.78, 5) is 7.38. The molecule has 2 heterocycles. The number of imidazole rings is 1. The van der Waals surface area contributed by atoms with E-state index in [1.807, 2.05) is 12.1 Å². The number of nitrogens with zero attached hydrogens (tertiary/aromatic N) is 2. The fourth-order valence-electron chi connectivity index (χ4n) is 1.85. The van der Waals surface area contributed by atoms with Crippen molar-refractivity contribution in [2.45, 2.75) is 6.42 Å². The first-order valence-corrected chi connectivity index (χ1v) is 6.14. The van der Waals surface area contributed by atoms with Gasteiger partial charge in [0.25, 0.3) is 0 Å². The molecule has 17 heavy (non-hydrogen) atoms. The molecule has 0 saturated carbocycles. The summed E-state index contributed by atoms with van der Waals surface area (Å²) in [6, 6.07) is 10.4. The fraction of sp³-hybridized carbons (Fsp3) is 0.0769. The van der Waals surface area contributed by atoms with Crippen LogP contribution in [-0.4, -0.2) is 9.97 Å². The lowest BCUT2D eigenvalue weighted by Crippen LogP contribution is -1.83. The number of nitrogens with one attached hydrogen (secondary N) is 1. The number of benzene rings is 1. The molecule has 1 N–H and O–H groups in total. The lowest BCUT2D eigenvalue weighted by molar-refractivity contribution is 1.07. The second-order valence-electron chi connectivity index (χ2n) is 3.72. The van der Waals surface area contributed by atoms with Crippen molar-refractivity contribution in [1.29, 1.82) is 5.26 Å². The summed E-state index contributed by atoms with van der Waals surface area (Å²) in [6.45, 7) is 0. The van der Waals surface area contributed by atoms with Crippen LogP contribution in [0.2, 0.25) is 0 Å². The van der Waals surface area contributed by atoms with E-state index >= 15 is 0 Å². The van der Waals surface area contributed by atoms with Crippen LogP contribution in [0.3, 0.4) is 0 Å². The Morgan fingerprint density at radius 2 is 2.24 bits per heavy atom. The predicted molar refractivity (Wildman–Crippen MR) is 68.7 cm³/mol. The van der Waals surface area contributed by atoms with Crippen LogP contribution < -0.4 is 0 Å². The van der Waals surface area contributed by atoms with E-state index < -0.39 is 0 Å². The predicted octanol–water partition coefficient (Wildman–Crippen LogP) is 3.36. The Hall–Kier alpha value is -2.12. The van der Waals surface area contributed by atoms with Gasteiger partial charge in [0.1, 0.15) is 5.82 Å². The summed E-state index contributed by atoms with van der Waals surface area (Å²) < 4.78 is 1.26. The van der Waals surface area contributed by atoms with Gasteiger partial charge in [0.05, 0.1) is 24.4 Å². The molecule has 0 fully saturated rings. The zero-order chi connectivity index (χ0) is 11.7. The number of aromatic amines is 1. The highest BCUT2D eigenvalue weighted by Crippen LogP contribution is 2.32. The van der Waals surface area contributed by atoms with Gasteiger partial charge in [-0.2, -0.15) is 5.26 Å². The third-order valence-electron chi connectivity index (χ3n) is 2.65. The average Bonchev–Trinajstić information content (AvgIpc) is 2.95. The van der Waals surface area contributed by atoms with E-state index in [0.29, 0.717) is 6.42 Å². The molecular weight excluding hydrogens is 230 g/mol. The van der Waals surface area contributed by atoms with Gasteiger partial charge in [0.15, 0.2) is 0 Å². The SMILES string of the molecule is N#CCc1ncc(-c2csc3ccccc23)[nH]1. The lowest BCUT2D eigenvalue weighted by Gasteiger charge is -1.94. The molecule has 0 atom stereocenters. The summed E-state index contributed by atoms with van der Waals surface area (Å²) in [5, 5.41) is 12.0. The molecule has 3 nitrogen and oxygen atoms in total. The van der Waals surface area contributed by atoms with E-state index in [2.05, 4.69) is 33.5 Å². The molecule has 82 valence electrons. The van der Waals surface area contributed by atoms with Crippen molar-refractivity contribution in [1.82, 2.24) is 9.97 Å². The van der Waals surface area contributed by atoms with Gasteiger partial charge in [-0.1, -0.05) is 18.2 Å². The number of fused-ring (bicyclic) bond motifs is 1. The van der Waals surface area contributed by atoms with Gasteiger partial charge >= 0.3 is 0 Å². The lowest BCUT2D eigenvalue weighted by atomic mass is 10.1. The van der Waals surface area contributed by atoms with Crippen LogP contribution in [0.15, 0.2) is 35.8 Å². The summed E-state index contributed by atoms with van der Waals surface area (Å²) in [7, 11) is 0. The fourth-order valence-corrected chi connectivity index (χ4v) is 2.81. The largest absolute Gasteiger partial charge is 0.341 e. The molecule has 0 bridgehead atoms. The Kier molecular flexibility index (Phi) is 2.39. The molecule has 0 aliphatic carbocycles. The van der Waals surface area contributed by atoms with Crippen LogP contribution >= 0.6 is 11.3 Å². The summed E-state index contributed by atoms with van der Waals surface area (Å²) in [5.41, 5.74) is 2.13. The minimum atomic E-state index is 0.321. The average molecular weight is 239 g/mol. The molecule has 0 aliphatic heterocycles. The van der Waals surface area contributed by atoms with E-state index in [1.165, 1.54) is 10.1 Å². The molecular formula is C13H9N3S. The molecule has 0 spiro atoms. The summed E-state index contributed by atoms with van der Waals surface area (Å²) in [5.74, 6) is 0.720. The number of thiophene rings is 1. The van der Waals surface area contributed by atoms with Gasteiger partial charge in [0, 0.05) is 21.0 Å². The second-order valence-corrected chi connectivity index (χ2v) is 4.64. The highest BCUT2D eigenvalue weighted by atomic mass is 32.1. The zero-order valence-electron chi connectivity index (χ0n) is 8.97. The first-order valence-electron chi connectivity index (χ1n) is 5.26. The number of nitriles is 1. The normalized spacial score (nSPS) is 10.5. The highest BCUT2D eigenvalue weighted by molar-refractivity contribution is 7.17. The van der Waals surface area contributed by atoms with E-state index in [1.54, 1.807) is 17.5 Å². The monoisotopic (exact) mass is 239 g/mol. The van der Waals surface area contributed by atoms with E-state index in [9.17, 15) is 0 Å². The number of hydrogen-bond donors (Lipinski definition) is 1. The first kappa shape index (κ1) is 10.1. The van der Waals surface area contributed by atoms with Crippen LogP contribution in [0.5, 0.6) is 0 Å². The second kappa shape index (κ2) is 4.04. The van der Waals surface area contributed by atoms with Crippen molar-refractivity contribution < 1.29 is 0 Å². The van der Waals surface area contributed by atoms with Crippen molar-refractivity contribution >= 4 is 21.4 Å². The van der Waals surface area contributed by atoms with Crippen LogP contribution in [0, 0.1) is 11.3 Å². The Morgan fingerprint density at radius 3 is 3.12 bits per heavy atom. The maximum atomic E-state index is 8.62. The smallest absolute Gasteiger partial charge is 0.120 e. The van der Waals surface area contributed by atoms with Gasteiger partial charge in [-0.15, -0.1) is 11.3 Å². The van der Waals surface area contributed by atoms with E-state index in [-0.39, 0.29) is 0 Å². The van der Waals surface area contributed by atoms with Crippen LogP contribution in [0.4, 0.5) is 0 Å². The molecule has 0 radical (unpaired) electrons. The quantitative estimate of drug-likeness (QED) is 0.745. The van der Waals surface area contributed by atoms with Gasteiger partial charge < -0.3 is 4.98 Å². The van der Waals surface area contributed by atoms with Crippen LogP contribution in [0.1, 0.15) is 5.82 Å². The topological polar surface area (TPSA) is 52.5 Å². The molecule has 1 aromatic carbocycles. The molecule has 0 aliphatic rings. The van der Waals surface area contributed by atoms with Crippen molar-refractivity contribution in [3.8, 4) is 17.3 Å². The molecule has 3 aromatic rings. The third-order valence-corrected chi connectivity index (χ3v) is 3.61. The molecule has 2 aromatic heterocycles. The van der Waals surface area contributed by atoms with Gasteiger partial charge in [-0.25, -0.2) is 4.98 Å². The number of aromatic nitrogens is 2. The number of rotatable bonds is 2. The molecule has 0 unspecified atom stereocenters. The Labute approximate surface area is 102 Å².